The first kappa shape index (κ1) is 7.95. The second kappa shape index (κ2) is 3.30. The van der Waals surface area contributed by atoms with Gasteiger partial charge in [-0.05, 0) is 18.4 Å². The van der Waals surface area contributed by atoms with E-state index >= 15 is 0 Å². The van der Waals surface area contributed by atoms with Crippen molar-refractivity contribution in [1.29, 1.82) is 0 Å². The highest BCUT2D eigenvalue weighted by Gasteiger charge is 2.10. The smallest absolute Gasteiger partial charge is 0.177 e. The molecular weight excluding hydrogens is 212 g/mol. The van der Waals surface area contributed by atoms with E-state index < -0.39 is 0 Å². The first-order valence-corrected chi connectivity index (χ1v) is 4.78. The van der Waals surface area contributed by atoms with Crippen molar-refractivity contribution in [2.45, 2.75) is 11.8 Å². The number of thiophene rings is 1. The summed E-state index contributed by atoms with van der Waals surface area (Å²) >= 11 is 4.76. The number of carbonyl (C=O) groups excluding carboxylic acids is 1. The lowest BCUT2D eigenvalue weighted by Gasteiger charge is -1.96. The number of hydrogen-bond donors (Lipinski definition) is 0. The molecule has 0 saturated heterocycles. The second-order valence-corrected chi connectivity index (χ2v) is 4.15. The highest BCUT2D eigenvalue weighted by atomic mass is 79.9. The molecule has 0 radical (unpaired) electrons. The zero-order valence-electron chi connectivity index (χ0n) is 5.50. The van der Waals surface area contributed by atoms with Crippen LogP contribution in [0.5, 0.6) is 0 Å². The predicted octanol–water partition coefficient (Wildman–Crippen LogP) is 2.71. The van der Waals surface area contributed by atoms with E-state index in [4.69, 9.17) is 0 Å². The Bertz CT molecular complexity index is 216. The van der Waals surface area contributed by atoms with Gasteiger partial charge in [-0.15, -0.1) is 0 Å². The van der Waals surface area contributed by atoms with Crippen LogP contribution in [0.25, 0.3) is 0 Å². The fourth-order valence-corrected chi connectivity index (χ4v) is 1.54. The molecule has 0 aliphatic rings. The maximum absolute atomic E-state index is 11.2. The highest BCUT2D eigenvalue weighted by molar-refractivity contribution is 9.10. The van der Waals surface area contributed by atoms with Crippen LogP contribution in [0.4, 0.5) is 0 Å². The summed E-state index contributed by atoms with van der Waals surface area (Å²) in [5.41, 5.74) is 0.800. The number of carbonyl (C=O) groups is 1. The molecule has 0 spiro atoms. The fourth-order valence-electron chi connectivity index (χ4n) is 0.634. The van der Waals surface area contributed by atoms with E-state index in [2.05, 4.69) is 15.9 Å². The number of alkyl halides is 1. The molecule has 0 aliphatic carbocycles. The lowest BCUT2D eigenvalue weighted by molar-refractivity contribution is 0.0996. The molecule has 0 bridgehead atoms. The molecule has 1 aromatic heterocycles. The molecule has 10 heavy (non-hydrogen) atoms. The zero-order chi connectivity index (χ0) is 7.56. The van der Waals surface area contributed by atoms with Crippen LogP contribution < -0.4 is 0 Å². The van der Waals surface area contributed by atoms with Crippen molar-refractivity contribution in [2.24, 2.45) is 0 Å². The van der Waals surface area contributed by atoms with Crippen LogP contribution in [-0.2, 0) is 0 Å². The van der Waals surface area contributed by atoms with Gasteiger partial charge in [0, 0.05) is 10.9 Å². The average molecular weight is 219 g/mol. The van der Waals surface area contributed by atoms with Crippen molar-refractivity contribution in [1.82, 2.24) is 0 Å². The summed E-state index contributed by atoms with van der Waals surface area (Å²) in [6, 6.07) is 1.84. The molecule has 0 aromatic carbocycles. The summed E-state index contributed by atoms with van der Waals surface area (Å²) in [4.78, 5) is 11.1. The van der Waals surface area contributed by atoms with E-state index in [0.717, 1.165) is 5.56 Å². The Kier molecular flexibility index (Phi) is 2.63. The molecule has 0 amide bonds. The minimum Gasteiger partial charge on any atom is -0.293 e. The molecule has 3 heteroatoms. The Balaban J connectivity index is 2.78. The molecule has 1 atom stereocenters. The van der Waals surface area contributed by atoms with Gasteiger partial charge in [-0.2, -0.15) is 11.3 Å². The zero-order valence-corrected chi connectivity index (χ0v) is 7.91. The molecule has 1 aromatic rings. The molecule has 0 unspecified atom stereocenters. The number of ketones is 1. The Morgan fingerprint density at radius 1 is 1.80 bits per heavy atom. The first-order chi connectivity index (χ1) is 4.72. The van der Waals surface area contributed by atoms with Gasteiger partial charge in [0.15, 0.2) is 5.78 Å². The SMILES string of the molecule is C[C@@H](Br)C(=O)c1ccsc1. The van der Waals surface area contributed by atoms with Crippen molar-refractivity contribution in [3.05, 3.63) is 22.4 Å². The molecule has 0 aliphatic heterocycles. The maximum atomic E-state index is 11.2. The first-order valence-electron chi connectivity index (χ1n) is 2.92. The van der Waals surface area contributed by atoms with Crippen LogP contribution in [0.3, 0.4) is 0 Å². The second-order valence-electron chi connectivity index (χ2n) is 1.99. The standard InChI is InChI=1S/C7H7BrOS/c1-5(8)7(9)6-2-3-10-4-6/h2-5H,1H3/t5-/m1/s1. The molecular formula is C7H7BrOS. The minimum absolute atomic E-state index is 0.0675. The minimum atomic E-state index is -0.0675. The fraction of sp³-hybridized carbons (Fsp3) is 0.286. The summed E-state index contributed by atoms with van der Waals surface area (Å²) in [5, 5.41) is 3.77. The van der Waals surface area contributed by atoms with E-state index in [1.807, 2.05) is 23.8 Å². The third kappa shape index (κ3) is 1.67. The van der Waals surface area contributed by atoms with Crippen LogP contribution in [0.15, 0.2) is 16.8 Å². The van der Waals surface area contributed by atoms with Gasteiger partial charge in [0.2, 0.25) is 0 Å². The van der Waals surface area contributed by atoms with Gasteiger partial charge >= 0.3 is 0 Å². The van der Waals surface area contributed by atoms with Crippen LogP contribution in [-0.4, -0.2) is 10.6 Å². The van der Waals surface area contributed by atoms with Gasteiger partial charge in [-0.3, -0.25) is 4.79 Å². The van der Waals surface area contributed by atoms with Gasteiger partial charge in [-0.25, -0.2) is 0 Å². The van der Waals surface area contributed by atoms with Gasteiger partial charge in [0.05, 0.1) is 4.83 Å². The van der Waals surface area contributed by atoms with Crippen molar-refractivity contribution in [3.63, 3.8) is 0 Å². The van der Waals surface area contributed by atoms with Gasteiger partial charge in [0.1, 0.15) is 0 Å². The summed E-state index contributed by atoms with van der Waals surface area (Å²) in [7, 11) is 0. The van der Waals surface area contributed by atoms with Crippen LogP contribution in [0, 0.1) is 0 Å². The van der Waals surface area contributed by atoms with Gasteiger partial charge in [0.25, 0.3) is 0 Å². The monoisotopic (exact) mass is 218 g/mol. The van der Waals surface area contributed by atoms with E-state index in [-0.39, 0.29) is 10.6 Å². The Morgan fingerprint density at radius 3 is 2.90 bits per heavy atom. The number of rotatable bonds is 2. The molecule has 1 rings (SSSR count). The van der Waals surface area contributed by atoms with Crippen molar-refractivity contribution in [2.75, 3.05) is 0 Å². The van der Waals surface area contributed by atoms with Crippen LogP contribution in [0.2, 0.25) is 0 Å². The average Bonchev–Trinajstić information content (AvgIpc) is 2.36. The van der Waals surface area contributed by atoms with Crippen molar-refractivity contribution >= 4 is 33.0 Å². The molecule has 0 N–H and O–H groups in total. The number of hydrogen-bond acceptors (Lipinski definition) is 2. The normalized spacial score (nSPS) is 13.0. The van der Waals surface area contributed by atoms with Crippen molar-refractivity contribution in [3.8, 4) is 0 Å². The van der Waals surface area contributed by atoms with E-state index in [1.54, 1.807) is 11.3 Å². The largest absolute Gasteiger partial charge is 0.293 e. The van der Waals surface area contributed by atoms with Crippen LogP contribution >= 0.6 is 27.3 Å². The van der Waals surface area contributed by atoms with Crippen molar-refractivity contribution < 1.29 is 4.79 Å². The van der Waals surface area contributed by atoms with Gasteiger partial charge in [-0.1, -0.05) is 15.9 Å². The van der Waals surface area contributed by atoms with E-state index in [9.17, 15) is 4.79 Å². The Hall–Kier alpha value is -0.150. The predicted molar refractivity (Wildman–Crippen MR) is 47.0 cm³/mol. The Labute approximate surface area is 72.2 Å². The molecule has 1 heterocycles. The lowest BCUT2D eigenvalue weighted by Crippen LogP contribution is -2.08. The summed E-state index contributed by atoms with van der Waals surface area (Å²) < 4.78 is 0. The van der Waals surface area contributed by atoms with E-state index in [0.29, 0.717) is 0 Å². The summed E-state index contributed by atoms with van der Waals surface area (Å²) in [5.74, 6) is 0.154. The molecule has 0 fully saturated rings. The third-order valence-corrected chi connectivity index (χ3v) is 2.27. The Morgan fingerprint density at radius 2 is 2.50 bits per heavy atom. The highest BCUT2D eigenvalue weighted by Crippen LogP contribution is 2.12. The quantitative estimate of drug-likeness (QED) is 0.552. The maximum Gasteiger partial charge on any atom is 0.177 e. The molecule has 1 nitrogen and oxygen atoms in total. The number of halogens is 1. The topological polar surface area (TPSA) is 17.1 Å². The third-order valence-electron chi connectivity index (χ3n) is 1.17. The summed E-state index contributed by atoms with van der Waals surface area (Å²) in [6.45, 7) is 1.83. The summed E-state index contributed by atoms with van der Waals surface area (Å²) in [6.07, 6.45) is 0. The van der Waals surface area contributed by atoms with Crippen LogP contribution in [0.1, 0.15) is 17.3 Å². The molecule has 54 valence electrons. The van der Waals surface area contributed by atoms with E-state index in [1.165, 1.54) is 0 Å². The molecule has 0 saturated carbocycles. The van der Waals surface area contributed by atoms with Gasteiger partial charge < -0.3 is 0 Å². The number of Topliss-reactive ketones (excluding diaryl/α,β-unsaturated/α-hetero) is 1. The lowest BCUT2D eigenvalue weighted by atomic mass is 10.2.